The highest BCUT2D eigenvalue weighted by molar-refractivity contribution is 5.94. The van der Waals surface area contributed by atoms with Gasteiger partial charge in [0.1, 0.15) is 6.29 Å². The number of hydrogen-bond acceptors (Lipinski definition) is 6. The van der Waals surface area contributed by atoms with Gasteiger partial charge >= 0.3 is 6.03 Å². The summed E-state index contributed by atoms with van der Waals surface area (Å²) >= 11 is 0. The molecule has 3 amide bonds. The number of urea groups is 1. The maximum absolute atomic E-state index is 12.7. The van der Waals surface area contributed by atoms with E-state index in [-0.39, 0.29) is 25.0 Å². The van der Waals surface area contributed by atoms with Crippen LogP contribution in [0.15, 0.2) is 24.3 Å². The van der Waals surface area contributed by atoms with Gasteiger partial charge in [0, 0.05) is 18.8 Å². The van der Waals surface area contributed by atoms with E-state index < -0.39 is 17.6 Å². The molecule has 0 aliphatic rings. The average molecular weight is 393 g/mol. The van der Waals surface area contributed by atoms with Crippen molar-refractivity contribution < 1.29 is 19.5 Å². The zero-order valence-electron chi connectivity index (χ0n) is 16.4. The van der Waals surface area contributed by atoms with Gasteiger partial charge in [-0.2, -0.15) is 0 Å². The lowest BCUT2D eigenvalue weighted by atomic mass is 9.88. The van der Waals surface area contributed by atoms with E-state index in [2.05, 4.69) is 16.0 Å². The maximum atomic E-state index is 12.7. The minimum Gasteiger partial charge on any atom is -0.392 e. The molecule has 0 aliphatic heterocycles. The lowest BCUT2D eigenvalue weighted by molar-refractivity contribution is -0.119. The Hall–Kier alpha value is -2.49. The van der Waals surface area contributed by atoms with E-state index in [0.29, 0.717) is 31.4 Å². The normalized spacial score (nSPS) is 14.2. The van der Waals surface area contributed by atoms with Crippen molar-refractivity contribution in [1.29, 1.82) is 0 Å². The van der Waals surface area contributed by atoms with Crippen LogP contribution >= 0.6 is 0 Å². The van der Waals surface area contributed by atoms with Crippen LogP contribution in [0.5, 0.6) is 0 Å². The molecule has 9 nitrogen and oxygen atoms in total. The molecule has 0 fully saturated rings. The van der Waals surface area contributed by atoms with Gasteiger partial charge < -0.3 is 37.3 Å². The van der Waals surface area contributed by atoms with Crippen molar-refractivity contribution in [2.45, 2.75) is 44.9 Å². The van der Waals surface area contributed by atoms with E-state index in [1.807, 2.05) is 13.8 Å². The second kappa shape index (κ2) is 11.4. The van der Waals surface area contributed by atoms with Gasteiger partial charge in [-0.05, 0) is 36.5 Å². The number of carbonyl (C=O) groups is 3. The standard InChI is InChI=1S/C19H31N5O4/c1-13(2)19(21,12-26)11-23-16(4-3-9-22-18(20)28)17(27)24-15-7-5-14(10-25)6-8-15/h5-8,12-13,16,23,25H,3-4,9-11,21H2,1-2H3,(H,24,27)(H3,20,22,28)/t16-,19+/m0/s1. The van der Waals surface area contributed by atoms with Crippen LogP contribution in [0.1, 0.15) is 32.3 Å². The Morgan fingerprint density at radius 3 is 2.39 bits per heavy atom. The van der Waals surface area contributed by atoms with Crippen LogP contribution in [-0.4, -0.2) is 48.0 Å². The number of benzene rings is 1. The molecule has 28 heavy (non-hydrogen) atoms. The van der Waals surface area contributed by atoms with E-state index in [1.165, 1.54) is 0 Å². The first-order chi connectivity index (χ1) is 13.2. The second-order valence-electron chi connectivity index (χ2n) is 7.10. The third kappa shape index (κ3) is 7.63. The summed E-state index contributed by atoms with van der Waals surface area (Å²) in [5, 5.41) is 17.4. The molecule has 0 spiro atoms. The number of nitrogens with two attached hydrogens (primary N) is 2. The number of hydrogen-bond donors (Lipinski definition) is 6. The van der Waals surface area contributed by atoms with E-state index in [9.17, 15) is 14.4 Å². The Labute approximate surface area is 165 Å². The lowest BCUT2D eigenvalue weighted by Gasteiger charge is -2.30. The predicted octanol–water partition coefficient (Wildman–Crippen LogP) is 0.0765. The summed E-state index contributed by atoms with van der Waals surface area (Å²) in [7, 11) is 0. The number of aliphatic hydroxyl groups excluding tert-OH is 1. The number of aliphatic hydroxyl groups is 1. The van der Waals surface area contributed by atoms with Crippen LogP contribution in [0.25, 0.3) is 0 Å². The molecular weight excluding hydrogens is 362 g/mol. The fourth-order valence-electron chi connectivity index (χ4n) is 2.45. The first kappa shape index (κ1) is 23.5. The van der Waals surface area contributed by atoms with Crippen LogP contribution in [-0.2, 0) is 16.2 Å². The summed E-state index contributed by atoms with van der Waals surface area (Å²) < 4.78 is 0. The van der Waals surface area contributed by atoms with Crippen molar-refractivity contribution in [1.82, 2.24) is 10.6 Å². The summed E-state index contributed by atoms with van der Waals surface area (Å²) in [4.78, 5) is 34.9. The molecule has 8 N–H and O–H groups in total. The Kier molecular flexibility index (Phi) is 9.57. The highest BCUT2D eigenvalue weighted by atomic mass is 16.3. The fourth-order valence-corrected chi connectivity index (χ4v) is 2.45. The van der Waals surface area contributed by atoms with Crippen molar-refractivity contribution in [3.05, 3.63) is 29.8 Å². The molecule has 0 aliphatic carbocycles. The van der Waals surface area contributed by atoms with Gasteiger partial charge in [0.25, 0.3) is 0 Å². The number of rotatable bonds is 12. The molecule has 0 aromatic heterocycles. The van der Waals surface area contributed by atoms with Crippen LogP contribution in [0.4, 0.5) is 10.5 Å². The molecule has 2 atom stereocenters. The van der Waals surface area contributed by atoms with Crippen molar-refractivity contribution in [3.8, 4) is 0 Å². The number of primary amides is 1. The van der Waals surface area contributed by atoms with Crippen molar-refractivity contribution in [2.75, 3.05) is 18.4 Å². The zero-order valence-corrected chi connectivity index (χ0v) is 16.4. The topological polar surface area (TPSA) is 160 Å². The van der Waals surface area contributed by atoms with Gasteiger partial charge in [-0.1, -0.05) is 26.0 Å². The number of aldehydes is 1. The minimum atomic E-state index is -1.09. The fraction of sp³-hybridized carbons (Fsp3) is 0.526. The third-order valence-corrected chi connectivity index (χ3v) is 4.64. The second-order valence-corrected chi connectivity index (χ2v) is 7.10. The summed E-state index contributed by atoms with van der Waals surface area (Å²) in [6.45, 7) is 4.07. The van der Waals surface area contributed by atoms with E-state index >= 15 is 0 Å². The SMILES string of the molecule is CC(C)[C@](N)(C=O)CN[C@@H](CCCNC(N)=O)C(=O)Nc1ccc(CO)cc1. The van der Waals surface area contributed by atoms with Gasteiger partial charge in [0.2, 0.25) is 5.91 Å². The molecule has 0 bridgehead atoms. The molecule has 0 heterocycles. The van der Waals surface area contributed by atoms with Crippen molar-refractivity contribution in [3.63, 3.8) is 0 Å². The molecule has 1 rings (SSSR count). The Bertz CT molecular complexity index is 650. The number of carbonyl (C=O) groups excluding carboxylic acids is 3. The van der Waals surface area contributed by atoms with Gasteiger partial charge in [-0.15, -0.1) is 0 Å². The van der Waals surface area contributed by atoms with E-state index in [4.69, 9.17) is 16.6 Å². The van der Waals surface area contributed by atoms with Crippen molar-refractivity contribution in [2.24, 2.45) is 17.4 Å². The monoisotopic (exact) mass is 393 g/mol. The highest BCUT2D eigenvalue weighted by Crippen LogP contribution is 2.13. The van der Waals surface area contributed by atoms with Crippen LogP contribution in [0, 0.1) is 5.92 Å². The van der Waals surface area contributed by atoms with Gasteiger partial charge in [0.15, 0.2) is 0 Å². The lowest BCUT2D eigenvalue weighted by Crippen LogP contribution is -2.57. The summed E-state index contributed by atoms with van der Waals surface area (Å²) in [5.74, 6) is -0.392. The van der Waals surface area contributed by atoms with E-state index in [0.717, 1.165) is 5.56 Å². The first-order valence-electron chi connectivity index (χ1n) is 9.24. The zero-order chi connectivity index (χ0) is 21.2. The highest BCUT2D eigenvalue weighted by Gasteiger charge is 2.30. The largest absolute Gasteiger partial charge is 0.392 e. The Morgan fingerprint density at radius 1 is 1.25 bits per heavy atom. The van der Waals surface area contributed by atoms with Crippen LogP contribution in [0.3, 0.4) is 0 Å². The smallest absolute Gasteiger partial charge is 0.312 e. The van der Waals surface area contributed by atoms with Gasteiger partial charge in [0.05, 0.1) is 18.2 Å². The Balaban J connectivity index is 2.77. The average Bonchev–Trinajstić information content (AvgIpc) is 2.67. The molecular formula is C19H31N5O4. The van der Waals surface area contributed by atoms with Crippen LogP contribution in [0.2, 0.25) is 0 Å². The summed E-state index contributed by atoms with van der Waals surface area (Å²) in [6.07, 6.45) is 1.62. The molecule has 156 valence electrons. The third-order valence-electron chi connectivity index (χ3n) is 4.64. The number of amides is 3. The molecule has 0 saturated carbocycles. The Morgan fingerprint density at radius 2 is 1.89 bits per heavy atom. The number of nitrogens with one attached hydrogen (secondary N) is 3. The molecule has 0 unspecified atom stereocenters. The molecule has 1 aromatic rings. The predicted molar refractivity (Wildman–Crippen MR) is 107 cm³/mol. The van der Waals surface area contributed by atoms with Gasteiger partial charge in [-0.3, -0.25) is 4.79 Å². The van der Waals surface area contributed by atoms with E-state index in [1.54, 1.807) is 24.3 Å². The number of anilines is 1. The van der Waals surface area contributed by atoms with Gasteiger partial charge in [-0.25, -0.2) is 4.79 Å². The van der Waals surface area contributed by atoms with Crippen molar-refractivity contribution >= 4 is 23.9 Å². The summed E-state index contributed by atoms with van der Waals surface area (Å²) in [5.41, 5.74) is 11.4. The molecule has 1 aromatic carbocycles. The quantitative estimate of drug-likeness (QED) is 0.218. The summed E-state index contributed by atoms with van der Waals surface area (Å²) in [6, 6.07) is 5.58. The molecule has 0 saturated heterocycles. The minimum absolute atomic E-state index is 0.0786. The molecule has 0 radical (unpaired) electrons. The van der Waals surface area contributed by atoms with Crippen LogP contribution < -0.4 is 27.4 Å². The maximum Gasteiger partial charge on any atom is 0.312 e. The molecule has 9 heteroatoms. The first-order valence-corrected chi connectivity index (χ1v) is 9.24.